The second-order valence-electron chi connectivity index (χ2n) is 13.5. The van der Waals surface area contributed by atoms with Gasteiger partial charge >= 0.3 is 0 Å². The number of carbonyl (C=O) groups is 1. The first-order valence-corrected chi connectivity index (χ1v) is 14.6. The molecule has 4 fully saturated rings. The Balaban J connectivity index is 1.13. The molecule has 1 aromatic carbocycles. The number of hydrogen-bond donors (Lipinski definition) is 2. The molecule has 2 N–H and O–H groups in total. The van der Waals surface area contributed by atoms with Crippen LogP contribution in [0.15, 0.2) is 24.3 Å². The van der Waals surface area contributed by atoms with Gasteiger partial charge in [0.15, 0.2) is 6.73 Å². The summed E-state index contributed by atoms with van der Waals surface area (Å²) < 4.78 is 5.71. The minimum atomic E-state index is -0.228. The summed E-state index contributed by atoms with van der Waals surface area (Å²) >= 11 is 0. The fourth-order valence-electron chi connectivity index (χ4n) is 10.1. The molecule has 5 heteroatoms. The average Bonchev–Trinajstić information content (AvgIpc) is 3.44. The van der Waals surface area contributed by atoms with Crippen molar-refractivity contribution < 1.29 is 19.7 Å². The lowest BCUT2D eigenvalue weighted by atomic mass is 9.43. The Morgan fingerprint density at radius 2 is 1.81 bits per heavy atom. The molecule has 0 unspecified atom stereocenters. The summed E-state index contributed by atoms with van der Waals surface area (Å²) in [5.41, 5.74) is 1.43. The van der Waals surface area contributed by atoms with Gasteiger partial charge in [-0.25, -0.2) is 0 Å². The van der Waals surface area contributed by atoms with Crippen LogP contribution in [0.2, 0.25) is 0 Å². The lowest BCUT2D eigenvalue weighted by Crippen LogP contribution is -2.58. The number of rotatable bonds is 4. The van der Waals surface area contributed by atoms with Crippen LogP contribution >= 0.6 is 0 Å². The van der Waals surface area contributed by atoms with Gasteiger partial charge in [-0.05, 0) is 116 Å². The number of fused-ring (bicyclic) bond motifs is 6. The van der Waals surface area contributed by atoms with Gasteiger partial charge in [0.1, 0.15) is 5.75 Å². The third-order valence-electron chi connectivity index (χ3n) is 12.0. The zero-order valence-electron chi connectivity index (χ0n) is 22.4. The molecular weight excluding hydrogens is 450 g/mol. The maximum absolute atomic E-state index is 13.1. The Hall–Kier alpha value is -1.59. The minimum Gasteiger partial charge on any atom is -0.470 e. The van der Waals surface area contributed by atoms with Crippen LogP contribution in [0, 0.1) is 46.3 Å². The Morgan fingerprint density at radius 3 is 2.64 bits per heavy atom. The van der Waals surface area contributed by atoms with E-state index in [1.165, 1.54) is 25.7 Å². The number of benzene rings is 1. The van der Waals surface area contributed by atoms with Crippen molar-refractivity contribution in [3.8, 4) is 5.75 Å². The van der Waals surface area contributed by atoms with Crippen LogP contribution < -0.4 is 9.64 Å². The van der Waals surface area contributed by atoms with Crippen molar-refractivity contribution in [2.45, 2.75) is 97.2 Å². The molecule has 1 heterocycles. The van der Waals surface area contributed by atoms with Crippen LogP contribution in [0.4, 0.5) is 5.69 Å². The van der Waals surface area contributed by atoms with E-state index in [4.69, 9.17) is 4.74 Å². The number of carbonyl (C=O) groups excluding carboxylic acids is 1. The molecule has 0 radical (unpaired) electrons. The van der Waals surface area contributed by atoms with Crippen molar-refractivity contribution in [3.63, 3.8) is 0 Å². The molecule has 5 nitrogen and oxygen atoms in total. The topological polar surface area (TPSA) is 70.0 Å². The number of hydrogen-bond acceptors (Lipinski definition) is 4. The molecule has 0 aromatic heterocycles. The first-order valence-electron chi connectivity index (χ1n) is 14.6. The average molecular weight is 496 g/mol. The molecule has 5 aliphatic rings. The predicted molar refractivity (Wildman–Crippen MR) is 140 cm³/mol. The number of amides is 1. The second-order valence-corrected chi connectivity index (χ2v) is 13.5. The zero-order valence-corrected chi connectivity index (χ0v) is 22.4. The van der Waals surface area contributed by atoms with Gasteiger partial charge in [-0.2, -0.15) is 0 Å². The van der Waals surface area contributed by atoms with Gasteiger partial charge in [0.2, 0.25) is 5.91 Å². The summed E-state index contributed by atoms with van der Waals surface area (Å²) in [5.74, 6) is 4.10. The largest absolute Gasteiger partial charge is 0.470 e. The minimum absolute atomic E-state index is 0.163. The molecule has 36 heavy (non-hydrogen) atoms. The van der Waals surface area contributed by atoms with Crippen LogP contribution in [0.25, 0.3) is 0 Å². The third kappa shape index (κ3) is 3.74. The standard InChI is InChI=1S/C31H45NO4/c1-19(8-11-28(35)32-18-36-27-7-5-4-6-25(27)32)22-9-10-23-29-24(13-15-31(22,23)3)30(2)14-12-21(33)16-20(30)17-26(29)34/h4-7,19-24,26,29,33-34H,8-18H2,1-3H3/t19-,20+,21-,22-,23+,24+,26-,29+,30+,31-/m1/s1. The van der Waals surface area contributed by atoms with E-state index in [1.807, 2.05) is 24.3 Å². The molecule has 0 bridgehead atoms. The molecule has 1 aromatic rings. The van der Waals surface area contributed by atoms with E-state index >= 15 is 0 Å². The zero-order chi connectivity index (χ0) is 25.2. The maximum atomic E-state index is 13.1. The monoisotopic (exact) mass is 495 g/mol. The Labute approximate surface area is 216 Å². The Bertz CT molecular complexity index is 997. The van der Waals surface area contributed by atoms with Gasteiger partial charge in [-0.15, -0.1) is 0 Å². The lowest BCUT2D eigenvalue weighted by molar-refractivity contribution is -0.174. The maximum Gasteiger partial charge on any atom is 0.229 e. The van der Waals surface area contributed by atoms with Crippen LogP contribution in [0.1, 0.15) is 85.0 Å². The molecule has 0 spiro atoms. The van der Waals surface area contributed by atoms with Crippen molar-refractivity contribution in [1.29, 1.82) is 0 Å². The molecule has 4 aliphatic carbocycles. The quantitative estimate of drug-likeness (QED) is 0.556. The van der Waals surface area contributed by atoms with Gasteiger partial charge in [0.25, 0.3) is 0 Å². The molecule has 198 valence electrons. The van der Waals surface area contributed by atoms with Gasteiger partial charge < -0.3 is 14.9 Å². The number of para-hydroxylation sites is 2. The molecule has 4 saturated carbocycles. The van der Waals surface area contributed by atoms with E-state index < -0.39 is 0 Å². The van der Waals surface area contributed by atoms with Gasteiger partial charge in [0, 0.05) is 6.42 Å². The van der Waals surface area contributed by atoms with E-state index in [0.29, 0.717) is 48.7 Å². The molecule has 1 amide bonds. The smallest absolute Gasteiger partial charge is 0.229 e. The van der Waals surface area contributed by atoms with Crippen LogP contribution in [0.3, 0.4) is 0 Å². The fraction of sp³-hybridized carbons (Fsp3) is 0.774. The molecule has 6 rings (SSSR count). The summed E-state index contributed by atoms with van der Waals surface area (Å²) in [6.07, 6.45) is 9.74. The van der Waals surface area contributed by atoms with Gasteiger partial charge in [-0.3, -0.25) is 9.69 Å². The highest BCUT2D eigenvalue weighted by Gasteiger charge is 2.62. The molecule has 10 atom stereocenters. The van der Waals surface area contributed by atoms with Crippen molar-refractivity contribution >= 4 is 11.6 Å². The molecule has 0 saturated heterocycles. The number of ether oxygens (including phenoxy) is 1. The molecular formula is C31H45NO4. The number of anilines is 1. The SMILES string of the molecule is C[C@H](CCC(=O)N1COc2ccccc21)[C@H]1CC[C@H]2[C@@H]3[C@H](O)C[C@@H]4C[C@H](O)CC[C@]4(C)[C@H]3CC[C@]12C. The first kappa shape index (κ1) is 24.7. The summed E-state index contributed by atoms with van der Waals surface area (Å²) in [6.45, 7) is 7.69. The predicted octanol–water partition coefficient (Wildman–Crippen LogP) is 5.78. The fourth-order valence-corrected chi connectivity index (χ4v) is 10.1. The van der Waals surface area contributed by atoms with Crippen molar-refractivity contribution in [2.24, 2.45) is 46.3 Å². The highest BCUT2D eigenvalue weighted by Crippen LogP contribution is 2.68. The lowest BCUT2D eigenvalue weighted by Gasteiger charge is -2.62. The van der Waals surface area contributed by atoms with E-state index in [-0.39, 0.29) is 28.9 Å². The van der Waals surface area contributed by atoms with Gasteiger partial charge in [-0.1, -0.05) is 32.9 Å². The summed E-state index contributed by atoms with van der Waals surface area (Å²) in [4.78, 5) is 14.9. The Morgan fingerprint density at radius 1 is 1.06 bits per heavy atom. The van der Waals surface area contributed by atoms with Crippen molar-refractivity contribution in [1.82, 2.24) is 0 Å². The van der Waals surface area contributed by atoms with E-state index in [2.05, 4.69) is 20.8 Å². The summed E-state index contributed by atoms with van der Waals surface area (Å²) in [6, 6.07) is 7.81. The van der Waals surface area contributed by atoms with Crippen LogP contribution in [-0.4, -0.2) is 35.1 Å². The molecule has 1 aliphatic heterocycles. The van der Waals surface area contributed by atoms with Crippen LogP contribution in [-0.2, 0) is 4.79 Å². The van der Waals surface area contributed by atoms with Crippen molar-refractivity contribution in [2.75, 3.05) is 11.6 Å². The first-order chi connectivity index (χ1) is 17.2. The van der Waals surface area contributed by atoms with E-state index in [0.717, 1.165) is 43.5 Å². The highest BCUT2D eigenvalue weighted by molar-refractivity contribution is 5.95. The normalized spacial score (nSPS) is 44.1. The van der Waals surface area contributed by atoms with Crippen LogP contribution in [0.5, 0.6) is 5.75 Å². The van der Waals surface area contributed by atoms with E-state index in [1.54, 1.807) is 4.90 Å². The van der Waals surface area contributed by atoms with Gasteiger partial charge in [0.05, 0.1) is 17.9 Å². The van der Waals surface area contributed by atoms with Crippen molar-refractivity contribution in [3.05, 3.63) is 24.3 Å². The number of aliphatic hydroxyl groups is 2. The van der Waals surface area contributed by atoms with E-state index in [9.17, 15) is 15.0 Å². The highest BCUT2D eigenvalue weighted by atomic mass is 16.5. The summed E-state index contributed by atoms with van der Waals surface area (Å²) in [7, 11) is 0. The third-order valence-corrected chi connectivity index (χ3v) is 12.0. The second kappa shape index (κ2) is 9.01. The number of nitrogens with zero attached hydrogens (tertiary/aromatic N) is 1. The Kier molecular flexibility index (Phi) is 6.19. The number of aliphatic hydroxyl groups excluding tert-OH is 2. The summed E-state index contributed by atoms with van der Waals surface area (Å²) in [5, 5.41) is 21.8.